The van der Waals surface area contributed by atoms with Crippen LogP contribution in [0.25, 0.3) is 0 Å². The number of urea groups is 1. The molecule has 0 aliphatic heterocycles. The summed E-state index contributed by atoms with van der Waals surface area (Å²) in [5.74, 6) is -0.218. The lowest BCUT2D eigenvalue weighted by molar-refractivity contribution is -0.151. The van der Waals surface area contributed by atoms with Gasteiger partial charge in [-0.15, -0.1) is 0 Å². The summed E-state index contributed by atoms with van der Waals surface area (Å²) < 4.78 is 5.16. The van der Waals surface area contributed by atoms with Crippen molar-refractivity contribution in [1.82, 2.24) is 10.6 Å². The maximum absolute atomic E-state index is 11.9. The molecule has 0 bridgehead atoms. The molecule has 0 radical (unpaired) electrons. The van der Waals surface area contributed by atoms with Crippen LogP contribution in [-0.4, -0.2) is 42.9 Å². The molecule has 0 unspecified atom stereocenters. The highest BCUT2D eigenvalue weighted by Gasteiger charge is 2.41. The van der Waals surface area contributed by atoms with E-state index in [9.17, 15) is 14.7 Å². The minimum absolute atomic E-state index is 0.141. The Morgan fingerprint density at radius 3 is 2.43 bits per heavy atom. The molecule has 0 saturated heterocycles. The molecule has 0 aromatic heterocycles. The molecule has 0 atom stereocenters. The molecule has 3 N–H and O–H groups in total. The highest BCUT2D eigenvalue weighted by Crippen LogP contribution is 2.38. The summed E-state index contributed by atoms with van der Waals surface area (Å²) in [6.07, 6.45) is 4.98. The van der Waals surface area contributed by atoms with Crippen molar-refractivity contribution >= 4 is 12.0 Å². The molecule has 0 heterocycles. The molecular formula is C15H26N2O4. The number of nitrogens with one attached hydrogen (secondary N) is 2. The molecule has 0 spiro atoms. The van der Waals surface area contributed by atoms with E-state index in [2.05, 4.69) is 17.6 Å². The second kappa shape index (κ2) is 6.64. The second-order valence-electron chi connectivity index (χ2n) is 6.62. The molecule has 6 nitrogen and oxygen atoms in total. The minimum Gasteiger partial charge on any atom is -0.481 e. The van der Waals surface area contributed by atoms with Crippen molar-refractivity contribution in [1.29, 1.82) is 0 Å². The SMILES string of the molecule is COC1CC(NC(=O)NCC2(C(=O)O)CCC(C)CC2)C1. The van der Waals surface area contributed by atoms with Gasteiger partial charge in [0.25, 0.3) is 0 Å². The van der Waals surface area contributed by atoms with Crippen LogP contribution >= 0.6 is 0 Å². The zero-order valence-corrected chi connectivity index (χ0v) is 12.9. The summed E-state index contributed by atoms with van der Waals surface area (Å²) in [5, 5.41) is 15.1. The summed E-state index contributed by atoms with van der Waals surface area (Å²) in [4.78, 5) is 23.4. The molecule has 2 aliphatic carbocycles. The van der Waals surface area contributed by atoms with Gasteiger partial charge < -0.3 is 20.5 Å². The predicted molar refractivity (Wildman–Crippen MR) is 78.1 cm³/mol. The van der Waals surface area contributed by atoms with Gasteiger partial charge in [-0.3, -0.25) is 4.79 Å². The van der Waals surface area contributed by atoms with Gasteiger partial charge in [0.05, 0.1) is 11.5 Å². The number of carbonyl (C=O) groups is 2. The van der Waals surface area contributed by atoms with E-state index < -0.39 is 11.4 Å². The Balaban J connectivity index is 1.77. The third kappa shape index (κ3) is 3.87. The number of methoxy groups -OCH3 is 1. The van der Waals surface area contributed by atoms with E-state index in [1.54, 1.807) is 7.11 Å². The third-order valence-corrected chi connectivity index (χ3v) is 5.04. The molecule has 120 valence electrons. The second-order valence-corrected chi connectivity index (χ2v) is 6.62. The maximum atomic E-state index is 11.9. The van der Waals surface area contributed by atoms with Gasteiger partial charge in [-0.2, -0.15) is 0 Å². The first-order valence-electron chi connectivity index (χ1n) is 7.76. The van der Waals surface area contributed by atoms with Crippen LogP contribution in [0.3, 0.4) is 0 Å². The van der Waals surface area contributed by atoms with Crippen molar-refractivity contribution in [3.63, 3.8) is 0 Å². The number of amides is 2. The van der Waals surface area contributed by atoms with Gasteiger partial charge in [-0.05, 0) is 44.4 Å². The van der Waals surface area contributed by atoms with Crippen molar-refractivity contribution in [3.05, 3.63) is 0 Å². The third-order valence-electron chi connectivity index (χ3n) is 5.04. The fourth-order valence-corrected chi connectivity index (χ4v) is 3.14. The van der Waals surface area contributed by atoms with Crippen LogP contribution in [0, 0.1) is 11.3 Å². The highest BCUT2D eigenvalue weighted by atomic mass is 16.5. The molecule has 2 aliphatic rings. The lowest BCUT2D eigenvalue weighted by atomic mass is 9.71. The predicted octanol–water partition coefficient (Wildman–Crippen LogP) is 1.74. The summed E-state index contributed by atoms with van der Waals surface area (Å²) >= 11 is 0. The Kier molecular flexibility index (Phi) is 5.08. The van der Waals surface area contributed by atoms with E-state index >= 15 is 0 Å². The Hall–Kier alpha value is -1.30. The van der Waals surface area contributed by atoms with E-state index in [4.69, 9.17) is 4.74 Å². The van der Waals surface area contributed by atoms with E-state index in [0.29, 0.717) is 18.8 Å². The Bertz CT molecular complexity index is 385. The van der Waals surface area contributed by atoms with E-state index in [1.807, 2.05) is 0 Å². The normalized spacial score (nSPS) is 35.6. The van der Waals surface area contributed by atoms with Gasteiger partial charge in [0.1, 0.15) is 0 Å². The van der Waals surface area contributed by atoms with Crippen molar-refractivity contribution < 1.29 is 19.4 Å². The van der Waals surface area contributed by atoms with Crippen molar-refractivity contribution in [2.75, 3.05) is 13.7 Å². The number of carboxylic acid groups (broad SMARTS) is 1. The van der Waals surface area contributed by atoms with Crippen LogP contribution in [0.2, 0.25) is 0 Å². The quantitative estimate of drug-likeness (QED) is 0.721. The number of hydrogen-bond donors (Lipinski definition) is 3. The molecule has 0 aromatic rings. The molecule has 2 fully saturated rings. The number of rotatable bonds is 5. The molecule has 0 aromatic carbocycles. The van der Waals surface area contributed by atoms with Gasteiger partial charge >= 0.3 is 12.0 Å². The number of carboxylic acids is 1. The van der Waals surface area contributed by atoms with Crippen LogP contribution in [0.15, 0.2) is 0 Å². The first-order chi connectivity index (χ1) is 9.95. The molecule has 2 amide bonds. The number of hydrogen-bond acceptors (Lipinski definition) is 3. The molecule has 2 saturated carbocycles. The first kappa shape index (κ1) is 16.1. The van der Waals surface area contributed by atoms with Crippen molar-refractivity contribution in [2.45, 2.75) is 57.6 Å². The van der Waals surface area contributed by atoms with Crippen LogP contribution < -0.4 is 10.6 Å². The summed E-state index contributed by atoms with van der Waals surface area (Å²) in [6, 6.07) is -0.129. The van der Waals surface area contributed by atoms with Gasteiger partial charge in [-0.25, -0.2) is 4.79 Å². The van der Waals surface area contributed by atoms with Gasteiger partial charge in [0, 0.05) is 19.7 Å². The van der Waals surface area contributed by atoms with E-state index in [1.165, 1.54) is 0 Å². The zero-order valence-electron chi connectivity index (χ0n) is 12.9. The number of aliphatic carboxylic acids is 1. The molecule has 2 rings (SSSR count). The maximum Gasteiger partial charge on any atom is 0.315 e. The van der Waals surface area contributed by atoms with Gasteiger partial charge in [-0.1, -0.05) is 6.92 Å². The average molecular weight is 298 g/mol. The Labute approximate surface area is 125 Å². The minimum atomic E-state index is -0.794. The first-order valence-corrected chi connectivity index (χ1v) is 7.76. The van der Waals surface area contributed by atoms with E-state index in [0.717, 1.165) is 25.7 Å². The zero-order chi connectivity index (χ0) is 15.5. The highest BCUT2D eigenvalue weighted by molar-refractivity contribution is 5.78. The van der Waals surface area contributed by atoms with Crippen LogP contribution in [0.5, 0.6) is 0 Å². The van der Waals surface area contributed by atoms with E-state index in [-0.39, 0.29) is 24.7 Å². The summed E-state index contributed by atoms with van der Waals surface area (Å²) in [5.41, 5.74) is -0.793. The summed E-state index contributed by atoms with van der Waals surface area (Å²) in [6.45, 7) is 2.36. The lowest BCUT2D eigenvalue weighted by Crippen LogP contribution is -2.53. The number of carbonyl (C=O) groups excluding carboxylic acids is 1. The fraction of sp³-hybridized carbons (Fsp3) is 0.867. The van der Waals surface area contributed by atoms with Crippen molar-refractivity contribution in [3.8, 4) is 0 Å². The van der Waals surface area contributed by atoms with Crippen LogP contribution in [0.1, 0.15) is 45.4 Å². The fourth-order valence-electron chi connectivity index (χ4n) is 3.14. The Morgan fingerprint density at radius 1 is 1.29 bits per heavy atom. The Morgan fingerprint density at radius 2 is 1.90 bits per heavy atom. The summed E-state index contributed by atoms with van der Waals surface area (Å²) in [7, 11) is 1.67. The van der Waals surface area contributed by atoms with Crippen LogP contribution in [0.4, 0.5) is 4.79 Å². The molecule has 6 heteroatoms. The average Bonchev–Trinajstić information content (AvgIpc) is 2.41. The monoisotopic (exact) mass is 298 g/mol. The standard InChI is InChI=1S/C15H26N2O4/c1-10-3-5-15(6-4-10,13(18)19)9-16-14(20)17-11-7-12(8-11)21-2/h10-12H,3-9H2,1-2H3,(H,18,19)(H2,16,17,20). The smallest absolute Gasteiger partial charge is 0.315 e. The van der Waals surface area contributed by atoms with Crippen molar-refractivity contribution in [2.24, 2.45) is 11.3 Å². The lowest BCUT2D eigenvalue weighted by Gasteiger charge is -2.37. The number of ether oxygens (including phenoxy) is 1. The van der Waals surface area contributed by atoms with Crippen LogP contribution in [-0.2, 0) is 9.53 Å². The molecular weight excluding hydrogens is 272 g/mol. The topological polar surface area (TPSA) is 87.7 Å². The van der Waals surface area contributed by atoms with Gasteiger partial charge in [0.15, 0.2) is 0 Å². The molecule has 21 heavy (non-hydrogen) atoms. The largest absolute Gasteiger partial charge is 0.481 e. The van der Waals surface area contributed by atoms with Gasteiger partial charge in [0.2, 0.25) is 0 Å².